The maximum absolute atomic E-state index is 15.0. The number of rotatable bonds is 10. The Morgan fingerprint density at radius 1 is 1.11 bits per heavy atom. The predicted octanol–water partition coefficient (Wildman–Crippen LogP) is 5.30. The van der Waals surface area contributed by atoms with Crippen molar-refractivity contribution >= 4 is 11.9 Å². The molecule has 3 N–H and O–H groups in total. The highest BCUT2D eigenvalue weighted by molar-refractivity contribution is 5.80. The van der Waals surface area contributed by atoms with Crippen LogP contribution in [0.25, 0.3) is 0 Å². The third kappa shape index (κ3) is 6.11. The summed E-state index contributed by atoms with van der Waals surface area (Å²) in [6, 6.07) is 3.13. The van der Waals surface area contributed by atoms with Gasteiger partial charge in [0, 0.05) is 30.8 Å². The van der Waals surface area contributed by atoms with Gasteiger partial charge >= 0.3 is 5.97 Å². The normalized spacial score (nSPS) is 30.7. The van der Waals surface area contributed by atoms with Crippen molar-refractivity contribution in [2.24, 2.45) is 28.6 Å². The van der Waals surface area contributed by atoms with Gasteiger partial charge in [0.2, 0.25) is 5.91 Å². The van der Waals surface area contributed by atoms with Crippen LogP contribution < -0.4 is 20.1 Å². The van der Waals surface area contributed by atoms with Gasteiger partial charge in [0.15, 0.2) is 11.6 Å². The van der Waals surface area contributed by atoms with Crippen molar-refractivity contribution in [1.82, 2.24) is 10.6 Å². The Morgan fingerprint density at radius 2 is 1.79 bits per heavy atom. The minimum absolute atomic E-state index is 0.0259. The molecule has 0 radical (unpaired) electrons. The van der Waals surface area contributed by atoms with E-state index in [4.69, 9.17) is 9.47 Å². The number of nitrogens with one attached hydrogen (secondary N) is 2. The topological polar surface area (TPSA) is 96.9 Å². The van der Waals surface area contributed by atoms with Crippen LogP contribution in [-0.2, 0) is 16.1 Å². The zero-order valence-electron chi connectivity index (χ0n) is 23.6. The minimum atomic E-state index is -0.756. The summed E-state index contributed by atoms with van der Waals surface area (Å²) in [4.78, 5) is 24.9. The molecule has 0 spiro atoms. The molecule has 8 heteroatoms. The average Bonchev–Trinajstić information content (AvgIpc) is 3.49. The fourth-order valence-electron chi connectivity index (χ4n) is 6.82. The lowest BCUT2D eigenvalue weighted by atomic mass is 9.71. The number of fused-ring (bicyclic) bond motifs is 2. The fourth-order valence-corrected chi connectivity index (χ4v) is 6.82. The Balaban J connectivity index is 1.43. The van der Waals surface area contributed by atoms with Gasteiger partial charge in [0.1, 0.15) is 5.75 Å². The summed E-state index contributed by atoms with van der Waals surface area (Å²) in [5, 5.41) is 16.5. The van der Waals surface area contributed by atoms with Crippen LogP contribution in [0.5, 0.6) is 11.5 Å². The molecule has 1 amide bonds. The highest BCUT2D eigenvalue weighted by atomic mass is 19.1. The van der Waals surface area contributed by atoms with Crippen molar-refractivity contribution in [3.05, 3.63) is 23.5 Å². The number of carbonyl (C=O) groups is 2. The summed E-state index contributed by atoms with van der Waals surface area (Å²) in [5.41, 5.74) is 0.103. The molecule has 3 aliphatic rings. The zero-order chi connectivity index (χ0) is 27.7. The molecule has 0 aliphatic heterocycles. The van der Waals surface area contributed by atoms with Crippen LogP contribution in [-0.4, -0.2) is 42.8 Å². The van der Waals surface area contributed by atoms with Crippen molar-refractivity contribution in [3.8, 4) is 11.5 Å². The van der Waals surface area contributed by atoms with Crippen LogP contribution in [0.2, 0.25) is 0 Å². The number of ether oxygens (including phenoxy) is 2. The van der Waals surface area contributed by atoms with E-state index in [9.17, 15) is 19.1 Å². The highest BCUT2D eigenvalue weighted by Crippen LogP contribution is 2.49. The Hall–Kier alpha value is -2.35. The molecule has 0 aromatic heterocycles. The first-order valence-electron chi connectivity index (χ1n) is 14.2. The third-order valence-corrected chi connectivity index (χ3v) is 9.19. The van der Waals surface area contributed by atoms with E-state index in [1.54, 1.807) is 6.07 Å². The van der Waals surface area contributed by atoms with Crippen LogP contribution >= 0.6 is 0 Å². The van der Waals surface area contributed by atoms with Crippen molar-refractivity contribution in [1.29, 1.82) is 0 Å². The molecule has 38 heavy (non-hydrogen) atoms. The van der Waals surface area contributed by atoms with E-state index >= 15 is 0 Å². The van der Waals surface area contributed by atoms with Gasteiger partial charge in [-0.1, -0.05) is 27.7 Å². The number of carbonyl (C=O) groups excluding carboxylic acids is 1. The number of benzene rings is 1. The van der Waals surface area contributed by atoms with E-state index in [0.29, 0.717) is 62.8 Å². The smallest absolute Gasteiger partial charge is 0.309 e. The number of aliphatic carboxylic acids is 1. The number of amides is 1. The van der Waals surface area contributed by atoms with Crippen LogP contribution in [0, 0.1) is 34.4 Å². The van der Waals surface area contributed by atoms with Crippen molar-refractivity contribution in [3.63, 3.8) is 0 Å². The van der Waals surface area contributed by atoms with Crippen LogP contribution in [0.3, 0.4) is 0 Å². The summed E-state index contributed by atoms with van der Waals surface area (Å²) in [6.07, 6.45) is 5.85. The number of hydrogen-bond acceptors (Lipinski definition) is 5. The lowest BCUT2D eigenvalue weighted by Gasteiger charge is -2.36. The molecule has 3 aliphatic carbocycles. The van der Waals surface area contributed by atoms with Crippen LogP contribution in [0.1, 0.15) is 84.6 Å². The molecule has 3 fully saturated rings. The molecule has 0 saturated heterocycles. The molecular formula is C30H45FN2O5. The Labute approximate surface area is 226 Å². The van der Waals surface area contributed by atoms with Crippen molar-refractivity contribution in [2.75, 3.05) is 13.7 Å². The summed E-state index contributed by atoms with van der Waals surface area (Å²) >= 11 is 0. The second kappa shape index (κ2) is 11.4. The zero-order valence-corrected chi connectivity index (χ0v) is 23.6. The predicted molar refractivity (Wildman–Crippen MR) is 144 cm³/mol. The number of methoxy groups -OCH3 is 1. The quantitative estimate of drug-likeness (QED) is 0.378. The van der Waals surface area contributed by atoms with Gasteiger partial charge in [0.25, 0.3) is 0 Å². The van der Waals surface area contributed by atoms with Gasteiger partial charge in [-0.25, -0.2) is 4.39 Å². The van der Waals surface area contributed by atoms with E-state index in [2.05, 4.69) is 31.4 Å². The van der Waals surface area contributed by atoms with Crippen molar-refractivity contribution in [2.45, 2.75) is 97.8 Å². The van der Waals surface area contributed by atoms with E-state index in [1.165, 1.54) is 13.2 Å². The molecule has 3 saturated carbocycles. The van der Waals surface area contributed by atoms with Crippen LogP contribution in [0.15, 0.2) is 12.1 Å². The van der Waals surface area contributed by atoms with E-state index in [0.717, 1.165) is 24.8 Å². The molecule has 4 rings (SSSR count). The first-order valence-corrected chi connectivity index (χ1v) is 14.2. The summed E-state index contributed by atoms with van der Waals surface area (Å²) in [5.74, 6) is 0.291. The number of carboxylic acid groups (broad SMARTS) is 1. The summed E-state index contributed by atoms with van der Waals surface area (Å²) in [7, 11) is 1.52. The Kier molecular flexibility index (Phi) is 8.60. The SMILES string of the molecule is CCC1(C(=O)O)CCC(Oc2cc(CN[C@@H]3[C@H]4CC[C@H](C4)[C@@H]3C(=O)NCC(C)(C)C)c(OC)cc2F)CC1. The highest BCUT2D eigenvalue weighted by Gasteiger charge is 2.50. The molecule has 2 bridgehead atoms. The maximum atomic E-state index is 15.0. The first-order chi connectivity index (χ1) is 18.0. The molecule has 1 aromatic carbocycles. The summed E-state index contributed by atoms with van der Waals surface area (Å²) < 4.78 is 26.5. The molecule has 0 heterocycles. The Morgan fingerprint density at radius 3 is 2.39 bits per heavy atom. The minimum Gasteiger partial charge on any atom is -0.496 e. The molecule has 212 valence electrons. The second-order valence-electron chi connectivity index (χ2n) is 12.9. The van der Waals surface area contributed by atoms with Gasteiger partial charge < -0.3 is 25.2 Å². The Bertz CT molecular complexity index is 1010. The van der Waals surface area contributed by atoms with E-state index < -0.39 is 17.2 Å². The fraction of sp³-hybridized carbons (Fsp3) is 0.733. The van der Waals surface area contributed by atoms with Gasteiger partial charge in [-0.2, -0.15) is 0 Å². The second-order valence-corrected chi connectivity index (χ2v) is 12.9. The largest absolute Gasteiger partial charge is 0.496 e. The number of hydrogen-bond donors (Lipinski definition) is 3. The summed E-state index contributed by atoms with van der Waals surface area (Å²) in [6.45, 7) is 9.34. The molecular weight excluding hydrogens is 487 g/mol. The molecule has 4 atom stereocenters. The monoisotopic (exact) mass is 532 g/mol. The van der Waals surface area contributed by atoms with Gasteiger partial charge in [0.05, 0.1) is 24.5 Å². The van der Waals surface area contributed by atoms with Gasteiger partial charge in [-0.3, -0.25) is 9.59 Å². The number of halogens is 1. The van der Waals surface area contributed by atoms with Crippen LogP contribution in [0.4, 0.5) is 4.39 Å². The average molecular weight is 533 g/mol. The standard InChI is InChI=1S/C30H45FN2O5/c1-6-30(28(35)36)11-9-21(10-12-30)38-24-14-20(23(37-5)15-22(24)31)16-32-26-19-8-7-18(13-19)25(26)27(34)33-17-29(2,3)4/h14-15,18-19,21,25-26,32H,6-13,16-17H2,1-5H3,(H,33,34)(H,35,36)/t18-,19+,21?,25+,26-,30?/m1/s1. The maximum Gasteiger partial charge on any atom is 0.309 e. The first kappa shape index (κ1) is 28.7. The third-order valence-electron chi connectivity index (χ3n) is 9.19. The molecule has 0 unspecified atom stereocenters. The lowest BCUT2D eigenvalue weighted by Crippen LogP contribution is -2.49. The number of carboxylic acids is 1. The van der Waals surface area contributed by atoms with Crippen molar-refractivity contribution < 1.29 is 28.6 Å². The van der Waals surface area contributed by atoms with Gasteiger partial charge in [-0.15, -0.1) is 0 Å². The molecule has 7 nitrogen and oxygen atoms in total. The molecule has 1 aromatic rings. The van der Waals surface area contributed by atoms with Gasteiger partial charge in [-0.05, 0) is 74.7 Å². The van der Waals surface area contributed by atoms with E-state index in [1.807, 2.05) is 6.92 Å². The van der Waals surface area contributed by atoms with E-state index in [-0.39, 0.29) is 35.1 Å². The lowest BCUT2D eigenvalue weighted by molar-refractivity contribution is -0.152.